The largest absolute Gasteiger partial charge is 0.507 e. The number of ketones is 1. The molecule has 5 nitrogen and oxygen atoms in total. The molecule has 1 fully saturated rings. The van der Waals surface area contributed by atoms with Gasteiger partial charge in [-0.05, 0) is 63.2 Å². The molecule has 0 radical (unpaired) electrons. The van der Waals surface area contributed by atoms with Crippen LogP contribution in [0.15, 0.2) is 24.3 Å². The van der Waals surface area contributed by atoms with E-state index in [4.69, 9.17) is 0 Å². The fourth-order valence-corrected chi connectivity index (χ4v) is 3.37. The SMILES string of the molecule is Cc1cc(C(=O)C2CCCN(C)C2)nnc1-c1ccc(C(F)(F)F)cc1O. The Bertz CT molecular complexity index is 868. The number of aryl methyl sites for hydroxylation is 1. The summed E-state index contributed by atoms with van der Waals surface area (Å²) in [7, 11) is 1.97. The number of Topliss-reactive ketones (excluding diaryl/α,β-unsaturated/α-hetero) is 1. The predicted octanol–water partition coefficient (Wildman–Crippen LogP) is 3.70. The molecule has 3 rings (SSSR count). The number of halogens is 3. The van der Waals surface area contributed by atoms with Gasteiger partial charge in [0.15, 0.2) is 5.78 Å². The number of phenols is 1. The maximum Gasteiger partial charge on any atom is 0.416 e. The highest BCUT2D eigenvalue weighted by Gasteiger charge is 2.31. The van der Waals surface area contributed by atoms with Crippen molar-refractivity contribution in [2.24, 2.45) is 5.92 Å². The van der Waals surface area contributed by atoms with Crippen molar-refractivity contribution in [1.82, 2.24) is 15.1 Å². The van der Waals surface area contributed by atoms with E-state index in [-0.39, 0.29) is 28.7 Å². The first-order valence-electron chi connectivity index (χ1n) is 8.64. The van der Waals surface area contributed by atoms with Crippen LogP contribution in [-0.4, -0.2) is 46.1 Å². The zero-order valence-corrected chi connectivity index (χ0v) is 15.0. The topological polar surface area (TPSA) is 66.3 Å². The summed E-state index contributed by atoms with van der Waals surface area (Å²) in [4.78, 5) is 14.8. The van der Waals surface area contributed by atoms with Crippen molar-refractivity contribution in [3.8, 4) is 17.0 Å². The zero-order valence-electron chi connectivity index (χ0n) is 15.0. The Balaban J connectivity index is 1.88. The molecule has 0 aliphatic carbocycles. The van der Waals surface area contributed by atoms with Gasteiger partial charge in [0.1, 0.15) is 11.4 Å². The highest BCUT2D eigenvalue weighted by molar-refractivity contribution is 5.96. The highest BCUT2D eigenvalue weighted by Crippen LogP contribution is 2.36. The summed E-state index contributed by atoms with van der Waals surface area (Å²) in [6, 6.07) is 4.28. The molecule has 1 saturated heterocycles. The van der Waals surface area contributed by atoms with Gasteiger partial charge in [-0.25, -0.2) is 0 Å². The van der Waals surface area contributed by atoms with E-state index in [1.165, 1.54) is 0 Å². The number of hydrogen-bond acceptors (Lipinski definition) is 5. The molecule has 2 aromatic rings. The number of hydrogen-bond donors (Lipinski definition) is 1. The molecule has 1 N–H and O–H groups in total. The average molecular weight is 379 g/mol. The molecule has 27 heavy (non-hydrogen) atoms. The Morgan fingerprint density at radius 1 is 1.26 bits per heavy atom. The van der Waals surface area contributed by atoms with Crippen molar-refractivity contribution in [2.75, 3.05) is 20.1 Å². The van der Waals surface area contributed by atoms with E-state index < -0.39 is 17.5 Å². The van der Waals surface area contributed by atoms with E-state index >= 15 is 0 Å². The minimum absolute atomic E-state index is 0.0830. The molecule has 1 atom stereocenters. The summed E-state index contributed by atoms with van der Waals surface area (Å²) >= 11 is 0. The number of aromatic hydroxyl groups is 1. The summed E-state index contributed by atoms with van der Waals surface area (Å²) in [6.45, 7) is 3.31. The first kappa shape index (κ1) is 19.3. The number of aromatic nitrogens is 2. The second-order valence-electron chi connectivity index (χ2n) is 6.96. The fraction of sp³-hybridized carbons (Fsp3) is 0.421. The van der Waals surface area contributed by atoms with Crippen LogP contribution in [0, 0.1) is 12.8 Å². The number of piperidine rings is 1. The van der Waals surface area contributed by atoms with Gasteiger partial charge in [-0.2, -0.15) is 13.2 Å². The van der Waals surface area contributed by atoms with Gasteiger partial charge in [0.25, 0.3) is 0 Å². The van der Waals surface area contributed by atoms with Gasteiger partial charge >= 0.3 is 6.18 Å². The molecular weight excluding hydrogens is 359 g/mol. The number of alkyl halides is 3. The van der Waals surface area contributed by atoms with Crippen LogP contribution in [0.4, 0.5) is 13.2 Å². The van der Waals surface area contributed by atoms with Gasteiger partial charge in [-0.15, -0.1) is 10.2 Å². The van der Waals surface area contributed by atoms with E-state index in [1.807, 2.05) is 7.05 Å². The second-order valence-corrected chi connectivity index (χ2v) is 6.96. The van der Waals surface area contributed by atoms with E-state index in [1.54, 1.807) is 13.0 Å². The van der Waals surface area contributed by atoms with Crippen LogP contribution >= 0.6 is 0 Å². The Morgan fingerprint density at radius 2 is 2.00 bits per heavy atom. The van der Waals surface area contributed by atoms with Crippen LogP contribution in [-0.2, 0) is 6.18 Å². The number of rotatable bonds is 3. The van der Waals surface area contributed by atoms with Gasteiger partial charge in [0.2, 0.25) is 0 Å². The number of carbonyl (C=O) groups is 1. The minimum Gasteiger partial charge on any atom is -0.507 e. The third kappa shape index (κ3) is 4.10. The Kier molecular flexibility index (Phi) is 5.19. The molecule has 0 spiro atoms. The quantitative estimate of drug-likeness (QED) is 0.824. The molecule has 0 bridgehead atoms. The van der Waals surface area contributed by atoms with E-state index in [0.29, 0.717) is 18.2 Å². The van der Waals surface area contributed by atoms with Crippen LogP contribution < -0.4 is 0 Å². The van der Waals surface area contributed by atoms with E-state index in [2.05, 4.69) is 15.1 Å². The van der Waals surface area contributed by atoms with Crippen LogP contribution in [0.25, 0.3) is 11.3 Å². The van der Waals surface area contributed by atoms with Crippen molar-refractivity contribution < 1.29 is 23.1 Å². The molecule has 1 unspecified atom stereocenters. The van der Waals surface area contributed by atoms with Gasteiger partial charge in [-0.3, -0.25) is 4.79 Å². The normalized spacial score (nSPS) is 18.5. The lowest BCUT2D eigenvalue weighted by Crippen LogP contribution is -2.36. The maximum atomic E-state index is 12.7. The smallest absolute Gasteiger partial charge is 0.416 e. The van der Waals surface area contributed by atoms with Crippen LogP contribution in [0.5, 0.6) is 5.75 Å². The second kappa shape index (κ2) is 7.26. The van der Waals surface area contributed by atoms with E-state index in [9.17, 15) is 23.1 Å². The standard InChI is InChI=1S/C19H20F3N3O2/c1-11-8-15(18(27)12-4-3-7-25(2)10-12)23-24-17(11)14-6-5-13(9-16(14)26)19(20,21)22/h5-6,8-9,12,26H,3-4,7,10H2,1-2H3. The van der Waals surface area contributed by atoms with Crippen molar-refractivity contribution >= 4 is 5.78 Å². The summed E-state index contributed by atoms with van der Waals surface area (Å²) in [5, 5.41) is 18.0. The summed E-state index contributed by atoms with van der Waals surface area (Å²) in [5.74, 6) is -0.752. The van der Waals surface area contributed by atoms with Crippen molar-refractivity contribution in [3.05, 3.63) is 41.1 Å². The Labute approximate surface area is 154 Å². The summed E-state index contributed by atoms with van der Waals surface area (Å²) in [6.07, 6.45) is -2.80. The fourth-order valence-electron chi connectivity index (χ4n) is 3.37. The number of benzene rings is 1. The molecule has 144 valence electrons. The van der Waals surface area contributed by atoms with Crippen molar-refractivity contribution in [2.45, 2.75) is 25.9 Å². The summed E-state index contributed by atoms with van der Waals surface area (Å²) in [5.41, 5.74) is 0.251. The minimum atomic E-state index is -4.54. The van der Waals surface area contributed by atoms with Crippen molar-refractivity contribution in [3.63, 3.8) is 0 Å². The highest BCUT2D eigenvalue weighted by atomic mass is 19.4. The van der Waals surface area contributed by atoms with Gasteiger partial charge < -0.3 is 10.0 Å². The van der Waals surface area contributed by atoms with E-state index in [0.717, 1.165) is 31.5 Å². The lowest BCUT2D eigenvalue weighted by atomic mass is 9.92. The molecule has 0 saturated carbocycles. The first-order chi connectivity index (χ1) is 12.7. The number of phenolic OH excluding ortho intramolecular Hbond substituents is 1. The average Bonchev–Trinajstić information content (AvgIpc) is 2.60. The van der Waals surface area contributed by atoms with Gasteiger partial charge in [-0.1, -0.05) is 0 Å². The molecule has 2 heterocycles. The third-order valence-corrected chi connectivity index (χ3v) is 4.81. The third-order valence-electron chi connectivity index (χ3n) is 4.81. The zero-order chi connectivity index (χ0) is 19.8. The van der Waals surface area contributed by atoms with Gasteiger partial charge in [0.05, 0.1) is 11.3 Å². The lowest BCUT2D eigenvalue weighted by Gasteiger charge is -2.28. The molecule has 1 aromatic carbocycles. The molecule has 1 aliphatic rings. The Morgan fingerprint density at radius 3 is 2.59 bits per heavy atom. The summed E-state index contributed by atoms with van der Waals surface area (Å²) < 4.78 is 38.2. The molecule has 1 aliphatic heterocycles. The molecule has 8 heteroatoms. The number of likely N-dealkylation sites (tertiary alicyclic amines) is 1. The lowest BCUT2D eigenvalue weighted by molar-refractivity contribution is -0.137. The first-order valence-corrected chi connectivity index (χ1v) is 8.64. The van der Waals surface area contributed by atoms with Crippen LogP contribution in [0.2, 0.25) is 0 Å². The predicted molar refractivity (Wildman–Crippen MR) is 93.4 cm³/mol. The number of carbonyl (C=O) groups excluding carboxylic acids is 1. The maximum absolute atomic E-state index is 12.7. The van der Waals surface area contributed by atoms with Crippen LogP contribution in [0.1, 0.15) is 34.5 Å². The van der Waals surface area contributed by atoms with Gasteiger partial charge in [0, 0.05) is 18.0 Å². The Hall–Kier alpha value is -2.48. The van der Waals surface area contributed by atoms with Crippen LogP contribution in [0.3, 0.4) is 0 Å². The molecular formula is C19H20F3N3O2. The monoisotopic (exact) mass is 379 g/mol. The molecule has 1 aromatic heterocycles. The number of nitrogens with zero attached hydrogens (tertiary/aromatic N) is 3. The molecule has 0 amide bonds. The van der Waals surface area contributed by atoms with Crippen molar-refractivity contribution in [1.29, 1.82) is 0 Å².